The van der Waals surface area contributed by atoms with E-state index < -0.39 is 17.5 Å². The van der Waals surface area contributed by atoms with Crippen LogP contribution in [-0.4, -0.2) is 36.2 Å². The van der Waals surface area contributed by atoms with E-state index >= 15 is 0 Å². The summed E-state index contributed by atoms with van der Waals surface area (Å²) in [6.07, 6.45) is 0.815. The fraction of sp³-hybridized carbons (Fsp3) is 0.263. The molecule has 1 aliphatic rings. The van der Waals surface area contributed by atoms with Gasteiger partial charge in [0.05, 0.1) is 25.3 Å². The van der Waals surface area contributed by atoms with Gasteiger partial charge < -0.3 is 19.7 Å². The Morgan fingerprint density at radius 2 is 1.80 bits per heavy atom. The lowest BCUT2D eigenvalue weighted by Gasteiger charge is -2.24. The Bertz CT molecular complexity index is 898. The van der Waals surface area contributed by atoms with Crippen molar-refractivity contribution in [2.45, 2.75) is 19.8 Å². The molecule has 0 aliphatic heterocycles. The predicted octanol–water partition coefficient (Wildman–Crippen LogP) is 2.81. The van der Waals surface area contributed by atoms with Crippen molar-refractivity contribution in [1.29, 1.82) is 0 Å². The van der Waals surface area contributed by atoms with Crippen LogP contribution < -0.4 is 9.47 Å². The summed E-state index contributed by atoms with van der Waals surface area (Å²) in [6, 6.07) is 5.04. The molecule has 2 N–H and O–H groups in total. The highest BCUT2D eigenvalue weighted by Gasteiger charge is 2.33. The van der Waals surface area contributed by atoms with Gasteiger partial charge in [-0.2, -0.15) is 0 Å². The van der Waals surface area contributed by atoms with Crippen molar-refractivity contribution in [3.8, 4) is 17.2 Å². The molecule has 2 aromatic rings. The highest BCUT2D eigenvalue weighted by molar-refractivity contribution is 6.17. The molecule has 0 spiro atoms. The average Bonchev–Trinajstić information content (AvgIpc) is 2.59. The summed E-state index contributed by atoms with van der Waals surface area (Å²) in [5.41, 5.74) is 1.96. The zero-order valence-electron chi connectivity index (χ0n) is 14.2. The SMILES string of the molecule is CCc1cc2c(c(O)c1C(=O)O)C(=O)c1c(cc(OC)cc1OC)C2. The molecule has 0 bridgehead atoms. The maximum Gasteiger partial charge on any atom is 0.339 e. The number of carboxylic acids is 1. The monoisotopic (exact) mass is 342 g/mol. The number of phenols is 1. The molecule has 25 heavy (non-hydrogen) atoms. The Labute approximate surface area is 144 Å². The summed E-state index contributed by atoms with van der Waals surface area (Å²) < 4.78 is 10.6. The van der Waals surface area contributed by atoms with E-state index in [0.717, 1.165) is 5.56 Å². The van der Waals surface area contributed by atoms with Crippen LogP contribution in [-0.2, 0) is 12.8 Å². The fourth-order valence-electron chi connectivity index (χ4n) is 3.35. The van der Waals surface area contributed by atoms with Crippen LogP contribution in [0.1, 0.15) is 49.9 Å². The van der Waals surface area contributed by atoms with Gasteiger partial charge in [0.25, 0.3) is 0 Å². The fourth-order valence-corrected chi connectivity index (χ4v) is 3.35. The first kappa shape index (κ1) is 16.8. The lowest BCUT2D eigenvalue weighted by Crippen LogP contribution is -2.19. The number of carbonyl (C=O) groups is 2. The van der Waals surface area contributed by atoms with Crippen molar-refractivity contribution in [3.05, 3.63) is 51.6 Å². The molecule has 0 saturated carbocycles. The summed E-state index contributed by atoms with van der Waals surface area (Å²) in [5.74, 6) is -1.28. The zero-order valence-corrected chi connectivity index (χ0v) is 14.2. The third-order valence-electron chi connectivity index (χ3n) is 4.51. The molecule has 0 fully saturated rings. The molecule has 0 atom stereocenters. The number of fused-ring (bicyclic) bond motifs is 2. The summed E-state index contributed by atoms with van der Waals surface area (Å²) in [6.45, 7) is 1.80. The van der Waals surface area contributed by atoms with Crippen molar-refractivity contribution in [2.24, 2.45) is 0 Å². The normalized spacial score (nSPS) is 12.4. The van der Waals surface area contributed by atoms with Crippen LogP contribution in [0.3, 0.4) is 0 Å². The summed E-state index contributed by atoms with van der Waals surface area (Å²) in [7, 11) is 2.97. The van der Waals surface area contributed by atoms with E-state index in [-0.39, 0.29) is 11.1 Å². The van der Waals surface area contributed by atoms with Crippen LogP contribution in [0.15, 0.2) is 18.2 Å². The van der Waals surface area contributed by atoms with E-state index in [0.29, 0.717) is 41.0 Å². The van der Waals surface area contributed by atoms with Gasteiger partial charge >= 0.3 is 5.97 Å². The van der Waals surface area contributed by atoms with E-state index in [2.05, 4.69) is 0 Å². The van der Waals surface area contributed by atoms with Gasteiger partial charge in [-0.15, -0.1) is 0 Å². The molecule has 130 valence electrons. The minimum atomic E-state index is -1.25. The molecule has 1 aliphatic carbocycles. The van der Waals surface area contributed by atoms with Crippen molar-refractivity contribution in [2.75, 3.05) is 14.2 Å². The largest absolute Gasteiger partial charge is 0.506 e. The number of carbonyl (C=O) groups excluding carboxylic acids is 1. The molecule has 0 unspecified atom stereocenters. The molecule has 0 saturated heterocycles. The summed E-state index contributed by atoms with van der Waals surface area (Å²) in [5, 5.41) is 19.9. The number of hydrogen-bond donors (Lipinski definition) is 2. The van der Waals surface area contributed by atoms with Crippen LogP contribution in [0.4, 0.5) is 0 Å². The molecule has 2 aromatic carbocycles. The van der Waals surface area contributed by atoms with Crippen LogP contribution >= 0.6 is 0 Å². The average molecular weight is 342 g/mol. The second kappa shape index (κ2) is 6.12. The van der Waals surface area contributed by atoms with Gasteiger partial charge in [0.1, 0.15) is 22.8 Å². The maximum atomic E-state index is 13.0. The van der Waals surface area contributed by atoms with E-state index in [1.165, 1.54) is 14.2 Å². The lowest BCUT2D eigenvalue weighted by atomic mass is 9.81. The molecule has 3 rings (SSSR count). The number of rotatable bonds is 4. The molecule has 0 radical (unpaired) electrons. The Kier molecular flexibility index (Phi) is 4.12. The van der Waals surface area contributed by atoms with Crippen molar-refractivity contribution in [3.63, 3.8) is 0 Å². The number of aromatic hydroxyl groups is 1. The quantitative estimate of drug-likeness (QED) is 0.757. The van der Waals surface area contributed by atoms with Crippen LogP contribution in [0.5, 0.6) is 17.2 Å². The van der Waals surface area contributed by atoms with Crippen LogP contribution in [0.2, 0.25) is 0 Å². The number of ether oxygens (including phenoxy) is 2. The zero-order chi connectivity index (χ0) is 18.3. The maximum absolute atomic E-state index is 13.0. The highest BCUT2D eigenvalue weighted by Crippen LogP contribution is 2.41. The smallest absolute Gasteiger partial charge is 0.339 e. The summed E-state index contributed by atoms with van der Waals surface area (Å²) >= 11 is 0. The van der Waals surface area contributed by atoms with Gasteiger partial charge in [-0.05, 0) is 35.6 Å². The number of ketones is 1. The van der Waals surface area contributed by atoms with Gasteiger partial charge in [0.2, 0.25) is 5.78 Å². The minimum absolute atomic E-state index is 0.0329. The van der Waals surface area contributed by atoms with Gasteiger partial charge in [0.15, 0.2) is 0 Å². The third kappa shape index (κ3) is 2.50. The van der Waals surface area contributed by atoms with Gasteiger partial charge in [-0.3, -0.25) is 4.79 Å². The molecule has 6 nitrogen and oxygen atoms in total. The van der Waals surface area contributed by atoms with Gasteiger partial charge in [-0.1, -0.05) is 13.0 Å². The molecule has 0 heterocycles. The number of aryl methyl sites for hydroxylation is 1. The number of carboxylic acid groups (broad SMARTS) is 1. The van der Waals surface area contributed by atoms with E-state index in [1.807, 2.05) is 0 Å². The van der Waals surface area contributed by atoms with Gasteiger partial charge in [-0.25, -0.2) is 4.79 Å². The first-order chi connectivity index (χ1) is 11.9. The van der Waals surface area contributed by atoms with Crippen molar-refractivity contribution in [1.82, 2.24) is 0 Å². The topological polar surface area (TPSA) is 93.1 Å². The second-order valence-corrected chi connectivity index (χ2v) is 5.82. The molecular weight excluding hydrogens is 324 g/mol. The molecule has 0 aromatic heterocycles. The predicted molar refractivity (Wildman–Crippen MR) is 90.2 cm³/mol. The standard InChI is InChI=1S/C19H18O6/c1-4-9-5-10-6-11-7-12(24-2)8-13(25-3)14(11)17(20)15(10)18(21)16(9)19(22)23/h5,7-8,21H,4,6H2,1-3H3,(H,22,23). The van der Waals surface area contributed by atoms with Crippen LogP contribution in [0, 0.1) is 0 Å². The third-order valence-corrected chi connectivity index (χ3v) is 4.51. The first-order valence-corrected chi connectivity index (χ1v) is 7.83. The number of methoxy groups -OCH3 is 2. The van der Waals surface area contributed by atoms with E-state index in [1.54, 1.807) is 25.1 Å². The van der Waals surface area contributed by atoms with Crippen LogP contribution in [0.25, 0.3) is 0 Å². The first-order valence-electron chi connectivity index (χ1n) is 7.83. The number of benzene rings is 2. The Morgan fingerprint density at radius 3 is 2.36 bits per heavy atom. The molecule has 0 amide bonds. The van der Waals surface area contributed by atoms with E-state index in [4.69, 9.17) is 9.47 Å². The molecule has 6 heteroatoms. The summed E-state index contributed by atoms with van der Waals surface area (Å²) in [4.78, 5) is 24.5. The van der Waals surface area contributed by atoms with E-state index in [9.17, 15) is 19.8 Å². The second-order valence-electron chi connectivity index (χ2n) is 5.82. The Balaban J connectivity index is 2.29. The highest BCUT2D eigenvalue weighted by atomic mass is 16.5. The molecular formula is C19H18O6. The number of hydrogen-bond acceptors (Lipinski definition) is 5. The van der Waals surface area contributed by atoms with Crippen molar-refractivity contribution < 1.29 is 29.3 Å². The van der Waals surface area contributed by atoms with Crippen molar-refractivity contribution >= 4 is 11.8 Å². The lowest BCUT2D eigenvalue weighted by molar-refractivity contribution is 0.0692. The Hall–Kier alpha value is -3.02. The minimum Gasteiger partial charge on any atom is -0.506 e. The number of aromatic carboxylic acids is 1. The Morgan fingerprint density at radius 1 is 1.12 bits per heavy atom. The van der Waals surface area contributed by atoms with Gasteiger partial charge in [0, 0.05) is 6.07 Å².